The lowest BCUT2D eigenvalue weighted by molar-refractivity contribution is 0.0531. The number of amides is 1. The molecular formula is C18H18N2O4S2. The van der Waals surface area contributed by atoms with Crippen LogP contribution in [0.1, 0.15) is 39.4 Å². The Morgan fingerprint density at radius 2 is 1.92 bits per heavy atom. The molecule has 1 aromatic heterocycles. The van der Waals surface area contributed by atoms with Crippen molar-refractivity contribution in [1.29, 1.82) is 5.26 Å². The summed E-state index contributed by atoms with van der Waals surface area (Å²) in [6, 6.07) is 6.74. The first kappa shape index (κ1) is 19.8. The lowest BCUT2D eigenvalue weighted by atomic mass is 10.2. The molecule has 1 N–H and O–H groups in total. The van der Waals surface area contributed by atoms with E-state index in [1.165, 1.54) is 0 Å². The standard InChI is InChI=1S/C18H18N2O4S2/c1-4-23-13-8-6-12(7-9-13)16(21)20-17-14(25-10-19)11(3)15(26-17)18(22)24-5-2/h6-9H,4-5H2,1-3H3,(H,20,21). The first-order valence-corrected chi connectivity index (χ1v) is 9.55. The van der Waals surface area contributed by atoms with Crippen LogP contribution in [0.5, 0.6) is 5.75 Å². The molecule has 6 nitrogen and oxygen atoms in total. The van der Waals surface area contributed by atoms with Gasteiger partial charge in [0.2, 0.25) is 0 Å². The van der Waals surface area contributed by atoms with Crippen LogP contribution in [0, 0.1) is 17.6 Å². The monoisotopic (exact) mass is 390 g/mol. The van der Waals surface area contributed by atoms with Crippen LogP contribution in [0.15, 0.2) is 29.2 Å². The van der Waals surface area contributed by atoms with Crippen molar-refractivity contribution >= 4 is 40.0 Å². The van der Waals surface area contributed by atoms with E-state index >= 15 is 0 Å². The van der Waals surface area contributed by atoms with Crippen LogP contribution in [-0.2, 0) is 4.74 Å². The van der Waals surface area contributed by atoms with Crippen molar-refractivity contribution in [3.8, 4) is 11.2 Å². The van der Waals surface area contributed by atoms with Crippen LogP contribution in [0.3, 0.4) is 0 Å². The van der Waals surface area contributed by atoms with E-state index in [2.05, 4.69) is 5.32 Å². The molecule has 1 aromatic carbocycles. The number of carbonyl (C=O) groups excluding carboxylic acids is 2. The van der Waals surface area contributed by atoms with Crippen molar-refractivity contribution < 1.29 is 19.1 Å². The molecular weight excluding hydrogens is 372 g/mol. The summed E-state index contributed by atoms with van der Waals surface area (Å²) >= 11 is 2.01. The summed E-state index contributed by atoms with van der Waals surface area (Å²) in [5.74, 6) is -0.109. The Balaban J connectivity index is 2.26. The van der Waals surface area contributed by atoms with Gasteiger partial charge in [0.15, 0.2) is 0 Å². The number of thiophene rings is 1. The normalized spacial score (nSPS) is 10.1. The molecule has 0 spiro atoms. The average Bonchev–Trinajstić information content (AvgIpc) is 2.93. The Morgan fingerprint density at radius 1 is 1.23 bits per heavy atom. The van der Waals surface area contributed by atoms with E-state index < -0.39 is 5.97 Å². The van der Waals surface area contributed by atoms with Crippen molar-refractivity contribution in [2.75, 3.05) is 18.5 Å². The molecule has 1 amide bonds. The van der Waals surface area contributed by atoms with Gasteiger partial charge in [-0.3, -0.25) is 4.79 Å². The Bertz CT molecular complexity index is 838. The number of anilines is 1. The highest BCUT2D eigenvalue weighted by Crippen LogP contribution is 2.40. The second-order valence-electron chi connectivity index (χ2n) is 5.04. The smallest absolute Gasteiger partial charge is 0.348 e. The Morgan fingerprint density at radius 3 is 2.50 bits per heavy atom. The predicted molar refractivity (Wildman–Crippen MR) is 102 cm³/mol. The molecule has 0 atom stereocenters. The van der Waals surface area contributed by atoms with Gasteiger partial charge in [-0.1, -0.05) is 0 Å². The Hall–Kier alpha value is -2.50. The van der Waals surface area contributed by atoms with Crippen LogP contribution >= 0.6 is 23.1 Å². The summed E-state index contributed by atoms with van der Waals surface area (Å²) in [7, 11) is 0. The van der Waals surface area contributed by atoms with Crippen molar-refractivity contribution in [3.63, 3.8) is 0 Å². The number of hydrogen-bond donors (Lipinski definition) is 1. The average molecular weight is 390 g/mol. The number of thioether (sulfide) groups is 1. The molecule has 136 valence electrons. The SMILES string of the molecule is CCOC(=O)c1sc(NC(=O)c2ccc(OCC)cc2)c(SC#N)c1C. The van der Waals surface area contributed by atoms with Crippen molar-refractivity contribution in [3.05, 3.63) is 40.3 Å². The van der Waals surface area contributed by atoms with Gasteiger partial charge in [-0.05, 0) is 62.4 Å². The van der Waals surface area contributed by atoms with Gasteiger partial charge in [0.05, 0.1) is 18.1 Å². The minimum absolute atomic E-state index is 0.255. The maximum Gasteiger partial charge on any atom is 0.348 e. The quantitative estimate of drug-likeness (QED) is 0.427. The minimum Gasteiger partial charge on any atom is -0.494 e. The van der Waals surface area contributed by atoms with Gasteiger partial charge in [-0.25, -0.2) is 4.79 Å². The molecule has 0 radical (unpaired) electrons. The summed E-state index contributed by atoms with van der Waals surface area (Å²) in [6.45, 7) is 6.14. The highest BCUT2D eigenvalue weighted by atomic mass is 32.2. The maximum atomic E-state index is 12.5. The van der Waals surface area contributed by atoms with Gasteiger partial charge in [0.1, 0.15) is 21.0 Å². The van der Waals surface area contributed by atoms with Crippen molar-refractivity contribution in [1.82, 2.24) is 0 Å². The van der Waals surface area contributed by atoms with Gasteiger partial charge >= 0.3 is 5.97 Å². The number of nitriles is 1. The zero-order chi connectivity index (χ0) is 19.1. The number of thiocyanates is 1. The number of ether oxygens (including phenoxy) is 2. The second-order valence-corrected chi connectivity index (χ2v) is 6.86. The fraction of sp³-hybridized carbons (Fsp3) is 0.278. The minimum atomic E-state index is -0.462. The molecule has 1 heterocycles. The van der Waals surface area contributed by atoms with Gasteiger partial charge in [-0.2, -0.15) is 5.26 Å². The third-order valence-electron chi connectivity index (χ3n) is 3.35. The third-order valence-corrected chi connectivity index (χ3v) is 5.48. The largest absolute Gasteiger partial charge is 0.494 e. The molecule has 0 bridgehead atoms. The summed E-state index contributed by atoms with van der Waals surface area (Å²) in [5.41, 5.74) is 1.08. The van der Waals surface area contributed by atoms with E-state index in [1.807, 2.05) is 12.3 Å². The third kappa shape index (κ3) is 4.56. The van der Waals surface area contributed by atoms with E-state index in [0.717, 1.165) is 23.1 Å². The zero-order valence-corrected chi connectivity index (χ0v) is 16.3. The van der Waals surface area contributed by atoms with Crippen LogP contribution < -0.4 is 10.1 Å². The zero-order valence-electron chi connectivity index (χ0n) is 14.6. The maximum absolute atomic E-state index is 12.5. The highest BCUT2D eigenvalue weighted by Gasteiger charge is 2.23. The van der Waals surface area contributed by atoms with Crippen molar-refractivity contribution in [2.24, 2.45) is 0 Å². The van der Waals surface area contributed by atoms with E-state index in [-0.39, 0.29) is 12.5 Å². The second kappa shape index (κ2) is 9.27. The number of nitrogens with zero attached hydrogens (tertiary/aromatic N) is 1. The summed E-state index contributed by atoms with van der Waals surface area (Å²) in [5, 5.41) is 14.2. The number of esters is 1. The molecule has 26 heavy (non-hydrogen) atoms. The fourth-order valence-electron chi connectivity index (χ4n) is 2.19. The molecule has 0 aliphatic rings. The predicted octanol–water partition coefficient (Wildman–Crippen LogP) is 4.46. The van der Waals surface area contributed by atoms with Crippen LogP contribution in [0.25, 0.3) is 0 Å². The molecule has 0 saturated heterocycles. The molecule has 0 saturated carbocycles. The summed E-state index contributed by atoms with van der Waals surface area (Å²) in [4.78, 5) is 25.5. The van der Waals surface area contributed by atoms with Crippen LogP contribution in [0.4, 0.5) is 5.00 Å². The lowest BCUT2D eigenvalue weighted by Gasteiger charge is -2.06. The number of carbonyl (C=O) groups is 2. The Kier molecular flexibility index (Phi) is 7.06. The molecule has 8 heteroatoms. The van der Waals surface area contributed by atoms with Gasteiger partial charge in [-0.15, -0.1) is 11.3 Å². The Labute approximate surface area is 160 Å². The number of nitrogens with one attached hydrogen (secondary N) is 1. The number of hydrogen-bond acceptors (Lipinski definition) is 7. The van der Waals surface area contributed by atoms with Gasteiger partial charge in [0, 0.05) is 5.56 Å². The summed E-state index contributed by atoms with van der Waals surface area (Å²) < 4.78 is 10.4. The van der Waals surface area contributed by atoms with Gasteiger partial charge in [0.25, 0.3) is 5.91 Å². The van der Waals surface area contributed by atoms with E-state index in [0.29, 0.717) is 38.3 Å². The topological polar surface area (TPSA) is 88.4 Å². The first-order chi connectivity index (χ1) is 12.5. The first-order valence-electron chi connectivity index (χ1n) is 7.92. The van der Waals surface area contributed by atoms with E-state index in [1.54, 1.807) is 38.1 Å². The van der Waals surface area contributed by atoms with E-state index in [4.69, 9.17) is 14.7 Å². The molecule has 0 aliphatic heterocycles. The highest BCUT2D eigenvalue weighted by molar-refractivity contribution is 8.04. The number of rotatable bonds is 7. The van der Waals surface area contributed by atoms with Crippen molar-refractivity contribution in [2.45, 2.75) is 25.7 Å². The number of benzene rings is 1. The van der Waals surface area contributed by atoms with E-state index in [9.17, 15) is 9.59 Å². The van der Waals surface area contributed by atoms with Gasteiger partial charge < -0.3 is 14.8 Å². The molecule has 2 rings (SSSR count). The lowest BCUT2D eigenvalue weighted by Crippen LogP contribution is -2.11. The van der Waals surface area contributed by atoms with Crippen LogP contribution in [-0.4, -0.2) is 25.1 Å². The van der Waals surface area contributed by atoms with Crippen LogP contribution in [0.2, 0.25) is 0 Å². The molecule has 0 aliphatic carbocycles. The molecule has 2 aromatic rings. The molecule has 0 unspecified atom stereocenters. The molecule has 0 fully saturated rings. The fourth-order valence-corrected chi connectivity index (χ4v) is 3.98. The summed E-state index contributed by atoms with van der Waals surface area (Å²) in [6.07, 6.45) is 0.